The van der Waals surface area contributed by atoms with Crippen molar-refractivity contribution in [1.29, 1.82) is 5.26 Å². The van der Waals surface area contributed by atoms with Gasteiger partial charge in [0.2, 0.25) is 5.91 Å². The van der Waals surface area contributed by atoms with Crippen molar-refractivity contribution in [3.8, 4) is 6.07 Å². The van der Waals surface area contributed by atoms with Crippen molar-refractivity contribution in [2.24, 2.45) is 5.92 Å². The zero-order chi connectivity index (χ0) is 15.4. The van der Waals surface area contributed by atoms with Gasteiger partial charge in [-0.25, -0.2) is 4.98 Å². The van der Waals surface area contributed by atoms with Gasteiger partial charge in [0.15, 0.2) is 0 Å². The third-order valence-electron chi connectivity index (χ3n) is 3.80. The monoisotopic (exact) mass is 286 g/mol. The Labute approximate surface area is 126 Å². The standard InChI is InChI=1S/C16H22N4O/c1-11(2)16(21)18-13-5-4-8-20(10-13)15-7-6-12(3)14(9-17)19-15/h6-7,11,13H,4-5,8,10H2,1-3H3,(H,18,21). The molecule has 0 bridgehead atoms. The summed E-state index contributed by atoms with van der Waals surface area (Å²) in [6, 6.07) is 6.16. The summed E-state index contributed by atoms with van der Waals surface area (Å²) in [5, 5.41) is 12.2. The Bertz CT molecular complexity index is 562. The van der Waals surface area contributed by atoms with Crippen LogP contribution in [-0.4, -0.2) is 30.0 Å². The molecule has 1 aliphatic rings. The molecule has 0 saturated carbocycles. The Morgan fingerprint density at radius 1 is 1.52 bits per heavy atom. The molecule has 1 atom stereocenters. The lowest BCUT2D eigenvalue weighted by molar-refractivity contribution is -0.124. The average Bonchev–Trinajstić information content (AvgIpc) is 2.48. The molecule has 0 spiro atoms. The lowest BCUT2D eigenvalue weighted by Crippen LogP contribution is -2.49. The lowest BCUT2D eigenvalue weighted by atomic mass is 10.0. The molecule has 1 amide bonds. The van der Waals surface area contributed by atoms with E-state index < -0.39 is 0 Å². The molecule has 1 saturated heterocycles. The smallest absolute Gasteiger partial charge is 0.222 e. The zero-order valence-electron chi connectivity index (χ0n) is 12.9. The quantitative estimate of drug-likeness (QED) is 0.922. The van der Waals surface area contributed by atoms with Gasteiger partial charge in [0.25, 0.3) is 0 Å². The maximum atomic E-state index is 11.8. The molecule has 1 unspecified atom stereocenters. The molecule has 2 heterocycles. The molecule has 2 rings (SSSR count). The number of anilines is 1. The summed E-state index contributed by atoms with van der Waals surface area (Å²) in [5.41, 5.74) is 1.36. The highest BCUT2D eigenvalue weighted by molar-refractivity contribution is 5.78. The van der Waals surface area contributed by atoms with E-state index in [-0.39, 0.29) is 17.9 Å². The van der Waals surface area contributed by atoms with Crippen LogP contribution in [0.4, 0.5) is 5.82 Å². The van der Waals surface area contributed by atoms with E-state index in [0.717, 1.165) is 37.3 Å². The van der Waals surface area contributed by atoms with E-state index in [2.05, 4.69) is 21.3 Å². The predicted molar refractivity (Wildman–Crippen MR) is 81.9 cm³/mol. The van der Waals surface area contributed by atoms with Gasteiger partial charge in [-0.2, -0.15) is 5.26 Å². The summed E-state index contributed by atoms with van der Waals surface area (Å²) in [6.07, 6.45) is 2.01. The van der Waals surface area contributed by atoms with Crippen molar-refractivity contribution < 1.29 is 4.79 Å². The molecule has 1 aromatic rings. The zero-order valence-corrected chi connectivity index (χ0v) is 12.9. The number of nitriles is 1. The van der Waals surface area contributed by atoms with Gasteiger partial charge < -0.3 is 10.2 Å². The number of piperidine rings is 1. The van der Waals surface area contributed by atoms with Crippen LogP contribution < -0.4 is 10.2 Å². The lowest BCUT2D eigenvalue weighted by Gasteiger charge is -2.34. The first-order valence-corrected chi connectivity index (χ1v) is 7.44. The number of carbonyl (C=O) groups is 1. The van der Waals surface area contributed by atoms with Crippen LogP contribution >= 0.6 is 0 Å². The molecule has 0 aliphatic carbocycles. The SMILES string of the molecule is Cc1ccc(N2CCCC(NC(=O)C(C)C)C2)nc1C#N. The number of nitrogens with one attached hydrogen (secondary N) is 1. The van der Waals surface area contributed by atoms with E-state index >= 15 is 0 Å². The second-order valence-electron chi connectivity index (χ2n) is 5.90. The van der Waals surface area contributed by atoms with Crippen LogP contribution in [0.5, 0.6) is 0 Å². The van der Waals surface area contributed by atoms with Crippen LogP contribution in [0.15, 0.2) is 12.1 Å². The van der Waals surface area contributed by atoms with Gasteiger partial charge >= 0.3 is 0 Å². The highest BCUT2D eigenvalue weighted by atomic mass is 16.1. The summed E-state index contributed by atoms with van der Waals surface area (Å²) in [5.74, 6) is 0.917. The number of hydrogen-bond donors (Lipinski definition) is 1. The summed E-state index contributed by atoms with van der Waals surface area (Å²) in [4.78, 5) is 18.4. The Hall–Kier alpha value is -2.09. The summed E-state index contributed by atoms with van der Waals surface area (Å²) in [7, 11) is 0. The molecular formula is C16H22N4O. The van der Waals surface area contributed by atoms with E-state index in [1.165, 1.54) is 0 Å². The summed E-state index contributed by atoms with van der Waals surface area (Å²) < 4.78 is 0. The number of aromatic nitrogens is 1. The number of nitrogens with zero attached hydrogens (tertiary/aromatic N) is 3. The molecule has 112 valence electrons. The second kappa shape index (κ2) is 6.57. The topological polar surface area (TPSA) is 69.0 Å². The van der Waals surface area contributed by atoms with Crippen LogP contribution in [-0.2, 0) is 4.79 Å². The molecule has 0 aromatic carbocycles. The first kappa shape index (κ1) is 15.3. The highest BCUT2D eigenvalue weighted by Gasteiger charge is 2.23. The maximum absolute atomic E-state index is 11.8. The summed E-state index contributed by atoms with van der Waals surface area (Å²) in [6.45, 7) is 7.35. The fourth-order valence-electron chi connectivity index (χ4n) is 2.48. The third kappa shape index (κ3) is 3.72. The van der Waals surface area contributed by atoms with Gasteiger partial charge in [0, 0.05) is 25.0 Å². The second-order valence-corrected chi connectivity index (χ2v) is 5.90. The molecule has 1 fully saturated rings. The molecule has 5 nitrogen and oxygen atoms in total. The van der Waals surface area contributed by atoms with Crippen molar-refractivity contribution >= 4 is 11.7 Å². The van der Waals surface area contributed by atoms with Crippen LogP contribution in [0.1, 0.15) is 37.9 Å². The first-order valence-electron chi connectivity index (χ1n) is 7.44. The first-order chi connectivity index (χ1) is 10.0. The number of rotatable bonds is 3. The van der Waals surface area contributed by atoms with Gasteiger partial charge in [-0.1, -0.05) is 19.9 Å². The minimum Gasteiger partial charge on any atom is -0.355 e. The van der Waals surface area contributed by atoms with E-state index in [9.17, 15) is 4.79 Å². The molecule has 0 radical (unpaired) electrons. The molecule has 1 aliphatic heterocycles. The van der Waals surface area contributed by atoms with E-state index in [4.69, 9.17) is 5.26 Å². The van der Waals surface area contributed by atoms with Crippen molar-refractivity contribution in [2.75, 3.05) is 18.0 Å². The van der Waals surface area contributed by atoms with E-state index in [1.807, 2.05) is 32.9 Å². The molecule has 1 aromatic heterocycles. The van der Waals surface area contributed by atoms with Crippen molar-refractivity contribution in [3.05, 3.63) is 23.4 Å². The van der Waals surface area contributed by atoms with Gasteiger partial charge in [0.05, 0.1) is 0 Å². The molecule has 1 N–H and O–H groups in total. The maximum Gasteiger partial charge on any atom is 0.222 e. The molecule has 21 heavy (non-hydrogen) atoms. The van der Waals surface area contributed by atoms with E-state index in [1.54, 1.807) is 0 Å². The normalized spacial score (nSPS) is 18.4. The van der Waals surface area contributed by atoms with Gasteiger partial charge in [-0.3, -0.25) is 4.79 Å². The Balaban J connectivity index is 2.07. The number of hydrogen-bond acceptors (Lipinski definition) is 4. The highest BCUT2D eigenvalue weighted by Crippen LogP contribution is 2.19. The van der Waals surface area contributed by atoms with E-state index in [0.29, 0.717) is 5.69 Å². The van der Waals surface area contributed by atoms with Crippen LogP contribution in [0, 0.1) is 24.2 Å². The van der Waals surface area contributed by atoms with Crippen LogP contribution in [0.3, 0.4) is 0 Å². The minimum absolute atomic E-state index is 0.00284. The van der Waals surface area contributed by atoms with Crippen LogP contribution in [0.25, 0.3) is 0 Å². The Morgan fingerprint density at radius 3 is 2.95 bits per heavy atom. The van der Waals surface area contributed by atoms with Crippen molar-refractivity contribution in [1.82, 2.24) is 10.3 Å². The van der Waals surface area contributed by atoms with Crippen molar-refractivity contribution in [2.45, 2.75) is 39.7 Å². The van der Waals surface area contributed by atoms with Gasteiger partial charge in [-0.15, -0.1) is 0 Å². The largest absolute Gasteiger partial charge is 0.355 e. The Morgan fingerprint density at radius 2 is 2.29 bits per heavy atom. The third-order valence-corrected chi connectivity index (χ3v) is 3.80. The number of amides is 1. The van der Waals surface area contributed by atoms with Crippen LogP contribution in [0.2, 0.25) is 0 Å². The minimum atomic E-state index is 0.00284. The fourth-order valence-corrected chi connectivity index (χ4v) is 2.48. The molecular weight excluding hydrogens is 264 g/mol. The summed E-state index contributed by atoms with van der Waals surface area (Å²) >= 11 is 0. The van der Waals surface area contributed by atoms with Gasteiger partial charge in [-0.05, 0) is 31.4 Å². The molecule has 5 heteroatoms. The Kier molecular flexibility index (Phi) is 4.79. The van der Waals surface area contributed by atoms with Gasteiger partial charge in [0.1, 0.15) is 17.6 Å². The number of aryl methyl sites for hydroxylation is 1. The predicted octanol–water partition coefficient (Wildman–Crippen LogP) is 2.00. The van der Waals surface area contributed by atoms with Crippen molar-refractivity contribution in [3.63, 3.8) is 0 Å². The fraction of sp³-hybridized carbons (Fsp3) is 0.562. The average molecular weight is 286 g/mol. The number of pyridine rings is 1. The number of carbonyl (C=O) groups excluding carboxylic acids is 1.